The van der Waals surface area contributed by atoms with Crippen LogP contribution in [0.2, 0.25) is 0 Å². The van der Waals surface area contributed by atoms with Crippen molar-refractivity contribution < 1.29 is 46.9 Å². The fourth-order valence-electron chi connectivity index (χ4n) is 3.59. The standard InChI is InChI=1S/C26H35N3O10S/c1-17(2)15-29(40(33,34)21-9-10-23-24(14-21)38-16-37-23)39-26(32)28-22(18(3)30)13-19-5-7-20(8-6-19)35-11-12-36-25(31)27-4/h5-10,14,17-18,22,30H,11-13,15-16H2,1-4H3,(H,27,31)(H,28,32). The summed E-state index contributed by atoms with van der Waals surface area (Å²) in [6.45, 7) is 5.20. The Bertz CT molecular complexity index is 1250. The highest BCUT2D eigenvalue weighted by Crippen LogP contribution is 2.34. The van der Waals surface area contributed by atoms with Crippen molar-refractivity contribution in [1.82, 2.24) is 15.1 Å². The van der Waals surface area contributed by atoms with Crippen molar-refractivity contribution in [2.45, 2.75) is 44.2 Å². The fourth-order valence-corrected chi connectivity index (χ4v) is 4.98. The highest BCUT2D eigenvalue weighted by Gasteiger charge is 2.32. The van der Waals surface area contributed by atoms with E-state index in [4.69, 9.17) is 23.8 Å². The van der Waals surface area contributed by atoms with Gasteiger partial charge in [-0.05, 0) is 53.6 Å². The molecule has 0 bridgehead atoms. The zero-order chi connectivity index (χ0) is 29.3. The summed E-state index contributed by atoms with van der Waals surface area (Å²) in [5.41, 5.74) is 0.771. The van der Waals surface area contributed by atoms with Gasteiger partial charge in [-0.15, -0.1) is 0 Å². The van der Waals surface area contributed by atoms with Gasteiger partial charge < -0.3 is 39.5 Å². The first-order valence-electron chi connectivity index (χ1n) is 12.6. The van der Waals surface area contributed by atoms with E-state index in [1.165, 1.54) is 32.2 Å². The minimum Gasteiger partial charge on any atom is -0.490 e. The number of benzene rings is 2. The minimum absolute atomic E-state index is 0.0159. The maximum Gasteiger partial charge on any atom is 0.427 e. The Balaban J connectivity index is 1.62. The molecule has 2 aromatic rings. The van der Waals surface area contributed by atoms with E-state index in [2.05, 4.69) is 10.6 Å². The number of fused-ring (bicyclic) bond motifs is 1. The van der Waals surface area contributed by atoms with E-state index in [-0.39, 0.29) is 49.5 Å². The normalized spacial score (nSPS) is 14.0. The van der Waals surface area contributed by atoms with Crippen molar-refractivity contribution >= 4 is 22.2 Å². The van der Waals surface area contributed by atoms with Gasteiger partial charge in [-0.2, -0.15) is 0 Å². The van der Waals surface area contributed by atoms with Crippen LogP contribution in [0.4, 0.5) is 9.59 Å². The van der Waals surface area contributed by atoms with Crippen molar-refractivity contribution in [3.05, 3.63) is 48.0 Å². The molecule has 2 amide bonds. The highest BCUT2D eigenvalue weighted by molar-refractivity contribution is 7.89. The zero-order valence-corrected chi connectivity index (χ0v) is 23.6. The number of carbonyl (C=O) groups excluding carboxylic acids is 2. The van der Waals surface area contributed by atoms with Gasteiger partial charge in [0.1, 0.15) is 19.0 Å². The Labute approximate surface area is 233 Å². The number of hydrogen-bond donors (Lipinski definition) is 3. The first-order valence-corrected chi connectivity index (χ1v) is 14.1. The number of alkyl carbamates (subject to hydrolysis) is 1. The topological polar surface area (TPSA) is 162 Å². The van der Waals surface area contributed by atoms with Crippen LogP contribution in [0.5, 0.6) is 17.2 Å². The van der Waals surface area contributed by atoms with Crippen molar-refractivity contribution in [3.8, 4) is 17.2 Å². The molecule has 0 fully saturated rings. The molecular weight excluding hydrogens is 546 g/mol. The number of ether oxygens (including phenoxy) is 4. The van der Waals surface area contributed by atoms with E-state index in [0.717, 1.165) is 5.56 Å². The molecule has 13 nitrogen and oxygen atoms in total. The van der Waals surface area contributed by atoms with Gasteiger partial charge in [-0.25, -0.2) is 18.0 Å². The van der Waals surface area contributed by atoms with Gasteiger partial charge in [0.05, 0.1) is 23.6 Å². The summed E-state index contributed by atoms with van der Waals surface area (Å²) < 4.78 is 48.2. The third kappa shape index (κ3) is 8.63. The molecule has 0 radical (unpaired) electrons. The Kier molecular flexibility index (Phi) is 10.8. The largest absolute Gasteiger partial charge is 0.490 e. The monoisotopic (exact) mass is 581 g/mol. The first-order chi connectivity index (χ1) is 19.0. The second-order valence-corrected chi connectivity index (χ2v) is 11.2. The lowest BCUT2D eigenvalue weighted by Crippen LogP contribution is -2.47. The molecule has 0 spiro atoms. The van der Waals surface area contributed by atoms with E-state index >= 15 is 0 Å². The smallest absolute Gasteiger partial charge is 0.427 e. The van der Waals surface area contributed by atoms with Crippen LogP contribution in [0.1, 0.15) is 26.3 Å². The maximum absolute atomic E-state index is 13.3. The average Bonchev–Trinajstić information content (AvgIpc) is 3.39. The number of hydrogen-bond acceptors (Lipinski definition) is 10. The second-order valence-electron chi connectivity index (χ2n) is 9.35. The number of aliphatic hydroxyl groups excluding tert-OH is 1. The summed E-state index contributed by atoms with van der Waals surface area (Å²) >= 11 is 0. The lowest BCUT2D eigenvalue weighted by Gasteiger charge is -2.25. The molecule has 0 aromatic heterocycles. The van der Waals surface area contributed by atoms with Crippen molar-refractivity contribution in [1.29, 1.82) is 0 Å². The predicted molar refractivity (Wildman–Crippen MR) is 142 cm³/mol. The van der Waals surface area contributed by atoms with E-state index in [9.17, 15) is 23.1 Å². The maximum atomic E-state index is 13.3. The van der Waals surface area contributed by atoms with Gasteiger partial charge in [0.2, 0.25) is 6.79 Å². The molecule has 1 aliphatic heterocycles. The number of nitrogens with one attached hydrogen (secondary N) is 2. The number of rotatable bonds is 13. The van der Waals surface area contributed by atoms with Crippen LogP contribution < -0.4 is 24.8 Å². The molecule has 2 unspecified atom stereocenters. The second kappa shape index (κ2) is 14.1. The highest BCUT2D eigenvalue weighted by atomic mass is 32.2. The van der Waals surface area contributed by atoms with E-state index in [1.54, 1.807) is 38.1 Å². The Morgan fingerprint density at radius 1 is 1.02 bits per heavy atom. The molecule has 3 N–H and O–H groups in total. The number of hydroxylamine groups is 1. The van der Waals surface area contributed by atoms with Gasteiger partial charge >= 0.3 is 12.2 Å². The summed E-state index contributed by atoms with van der Waals surface area (Å²) in [5.74, 6) is 1.07. The van der Waals surface area contributed by atoms with Crippen molar-refractivity contribution in [3.63, 3.8) is 0 Å². The molecule has 2 atom stereocenters. The van der Waals surface area contributed by atoms with E-state index in [0.29, 0.717) is 16.0 Å². The molecule has 2 aromatic carbocycles. The van der Waals surface area contributed by atoms with Gasteiger partial charge in [0.25, 0.3) is 10.0 Å². The van der Waals surface area contributed by atoms with Crippen LogP contribution in [-0.2, 0) is 26.0 Å². The SMILES string of the molecule is CNC(=O)OCCOc1ccc(CC(NC(=O)ON(CC(C)C)S(=O)(=O)c2ccc3c(c2)OCO3)C(C)O)cc1. The molecule has 3 rings (SSSR count). The Hall–Kier alpha value is -3.75. The van der Waals surface area contributed by atoms with Gasteiger partial charge in [-0.1, -0.05) is 26.0 Å². The summed E-state index contributed by atoms with van der Waals surface area (Å²) in [6, 6.07) is 10.3. The molecule has 220 valence electrons. The number of amides is 2. The lowest BCUT2D eigenvalue weighted by atomic mass is 10.0. The number of nitrogens with zero attached hydrogens (tertiary/aromatic N) is 1. The van der Waals surface area contributed by atoms with Gasteiger partial charge in [-0.3, -0.25) is 0 Å². The number of sulfonamides is 1. The van der Waals surface area contributed by atoms with Crippen molar-refractivity contribution in [2.24, 2.45) is 5.92 Å². The summed E-state index contributed by atoms with van der Waals surface area (Å²) in [6.07, 6.45) is -2.33. The molecular formula is C26H35N3O10S. The molecule has 14 heteroatoms. The third-order valence-corrected chi connectivity index (χ3v) is 7.27. The summed E-state index contributed by atoms with van der Waals surface area (Å²) in [7, 11) is -2.78. The van der Waals surface area contributed by atoms with E-state index < -0.39 is 34.4 Å². The van der Waals surface area contributed by atoms with Gasteiger partial charge in [0, 0.05) is 13.1 Å². The van der Waals surface area contributed by atoms with Crippen LogP contribution in [-0.4, -0.2) is 75.9 Å². The van der Waals surface area contributed by atoms with Crippen LogP contribution >= 0.6 is 0 Å². The van der Waals surface area contributed by atoms with E-state index in [1.807, 2.05) is 0 Å². The zero-order valence-electron chi connectivity index (χ0n) is 22.8. The van der Waals surface area contributed by atoms with Crippen LogP contribution in [0, 0.1) is 5.92 Å². The Morgan fingerprint density at radius 3 is 2.38 bits per heavy atom. The molecule has 0 saturated carbocycles. The molecule has 0 saturated heterocycles. The molecule has 40 heavy (non-hydrogen) atoms. The Morgan fingerprint density at radius 2 is 1.73 bits per heavy atom. The quantitative estimate of drug-likeness (QED) is 0.237. The summed E-state index contributed by atoms with van der Waals surface area (Å²) in [4.78, 5) is 29.0. The molecule has 0 aliphatic carbocycles. The summed E-state index contributed by atoms with van der Waals surface area (Å²) in [5, 5.41) is 15.2. The number of aliphatic hydroxyl groups is 1. The van der Waals surface area contributed by atoms with Crippen LogP contribution in [0.25, 0.3) is 0 Å². The van der Waals surface area contributed by atoms with Crippen LogP contribution in [0.15, 0.2) is 47.4 Å². The minimum atomic E-state index is -4.24. The van der Waals surface area contributed by atoms with Crippen molar-refractivity contribution in [2.75, 3.05) is 33.6 Å². The molecule has 1 aliphatic rings. The van der Waals surface area contributed by atoms with Gasteiger partial charge in [0.15, 0.2) is 11.5 Å². The average molecular weight is 582 g/mol. The fraction of sp³-hybridized carbons (Fsp3) is 0.462. The van der Waals surface area contributed by atoms with Crippen LogP contribution in [0.3, 0.4) is 0 Å². The number of carbonyl (C=O) groups is 2. The third-order valence-electron chi connectivity index (χ3n) is 5.66. The molecule has 1 heterocycles. The lowest BCUT2D eigenvalue weighted by molar-refractivity contribution is -0.0323. The first kappa shape index (κ1) is 30.8. The predicted octanol–water partition coefficient (Wildman–Crippen LogP) is 2.43.